The maximum absolute atomic E-state index is 6.35. The quantitative estimate of drug-likeness (QED) is 0.438. The Morgan fingerprint density at radius 3 is 2.50 bits per heavy atom. The van der Waals surface area contributed by atoms with Gasteiger partial charge in [0.1, 0.15) is 0 Å². The van der Waals surface area contributed by atoms with Crippen molar-refractivity contribution < 1.29 is 4.74 Å². The van der Waals surface area contributed by atoms with Crippen molar-refractivity contribution in [1.82, 2.24) is 14.5 Å². The number of benzene rings is 2. The van der Waals surface area contributed by atoms with Crippen molar-refractivity contribution in [2.75, 3.05) is 32.8 Å². The maximum atomic E-state index is 6.35. The largest absolute Gasteiger partial charge is 0.379 e. The van der Waals surface area contributed by atoms with Crippen LogP contribution in [0.15, 0.2) is 73.2 Å². The number of hydrogen-bond acceptors (Lipinski definition) is 3. The van der Waals surface area contributed by atoms with Crippen LogP contribution in [0, 0.1) is 0 Å². The standard InChI is InChI=1S/C25H24ClN3O/c26-22-6-7-23-24(21-14-20(16-27-17-21)19-4-2-1-3-5-19)18-29(25(23)15-22)9-8-28-10-12-30-13-11-28/h1-7,14-18H,8-13H2. The zero-order valence-corrected chi connectivity index (χ0v) is 17.6. The maximum Gasteiger partial charge on any atom is 0.0594 e. The molecule has 4 nitrogen and oxygen atoms in total. The van der Waals surface area contributed by atoms with Crippen molar-refractivity contribution >= 4 is 22.5 Å². The van der Waals surface area contributed by atoms with Gasteiger partial charge in [-0.15, -0.1) is 0 Å². The average Bonchev–Trinajstić information content (AvgIpc) is 3.17. The molecule has 3 heterocycles. The van der Waals surface area contributed by atoms with E-state index in [4.69, 9.17) is 16.3 Å². The Morgan fingerprint density at radius 2 is 1.67 bits per heavy atom. The third-order valence-corrected chi connectivity index (χ3v) is 6.00. The predicted octanol–water partition coefficient (Wildman–Crippen LogP) is 5.36. The third kappa shape index (κ3) is 3.99. The van der Waals surface area contributed by atoms with Gasteiger partial charge in [-0.2, -0.15) is 0 Å². The van der Waals surface area contributed by atoms with Gasteiger partial charge in [0.05, 0.1) is 18.7 Å². The van der Waals surface area contributed by atoms with Crippen LogP contribution in [0.2, 0.25) is 5.02 Å². The van der Waals surface area contributed by atoms with E-state index in [2.05, 4.69) is 63.1 Å². The van der Waals surface area contributed by atoms with E-state index >= 15 is 0 Å². The van der Waals surface area contributed by atoms with Gasteiger partial charge in [0.2, 0.25) is 0 Å². The second-order valence-electron chi connectivity index (χ2n) is 7.68. The first-order valence-electron chi connectivity index (χ1n) is 10.4. The molecule has 0 aliphatic carbocycles. The second kappa shape index (κ2) is 8.60. The van der Waals surface area contributed by atoms with Crippen molar-refractivity contribution in [1.29, 1.82) is 0 Å². The van der Waals surface area contributed by atoms with Crippen LogP contribution in [0.5, 0.6) is 0 Å². The van der Waals surface area contributed by atoms with Gasteiger partial charge < -0.3 is 9.30 Å². The molecule has 152 valence electrons. The molecular formula is C25H24ClN3O. The summed E-state index contributed by atoms with van der Waals surface area (Å²) >= 11 is 6.35. The molecule has 1 aliphatic rings. The highest BCUT2D eigenvalue weighted by Crippen LogP contribution is 2.34. The van der Waals surface area contributed by atoms with Crippen molar-refractivity contribution in [3.63, 3.8) is 0 Å². The van der Waals surface area contributed by atoms with Gasteiger partial charge in [0.25, 0.3) is 0 Å². The Morgan fingerprint density at radius 1 is 0.867 bits per heavy atom. The monoisotopic (exact) mass is 417 g/mol. The Balaban J connectivity index is 1.51. The SMILES string of the molecule is Clc1ccc2c(-c3cncc(-c4ccccc4)c3)cn(CCN3CCOCC3)c2c1. The van der Waals surface area contributed by atoms with E-state index in [-0.39, 0.29) is 0 Å². The molecule has 0 saturated carbocycles. The minimum Gasteiger partial charge on any atom is -0.379 e. The lowest BCUT2D eigenvalue weighted by Crippen LogP contribution is -2.38. The molecule has 2 aromatic carbocycles. The first kappa shape index (κ1) is 19.3. The molecule has 0 atom stereocenters. The van der Waals surface area contributed by atoms with Crippen LogP contribution in [-0.4, -0.2) is 47.3 Å². The summed E-state index contributed by atoms with van der Waals surface area (Å²) in [5.41, 5.74) is 5.76. The van der Waals surface area contributed by atoms with Gasteiger partial charge in [0.15, 0.2) is 0 Å². The molecule has 5 rings (SSSR count). The highest BCUT2D eigenvalue weighted by Gasteiger charge is 2.14. The lowest BCUT2D eigenvalue weighted by atomic mass is 10.0. The van der Waals surface area contributed by atoms with Crippen LogP contribution in [0.1, 0.15) is 0 Å². The average molecular weight is 418 g/mol. The molecule has 0 amide bonds. The Kier molecular flexibility index (Phi) is 5.54. The molecule has 0 bridgehead atoms. The number of hydrogen-bond donors (Lipinski definition) is 0. The molecule has 0 unspecified atom stereocenters. The van der Waals surface area contributed by atoms with Crippen LogP contribution >= 0.6 is 11.6 Å². The molecule has 1 saturated heterocycles. The van der Waals surface area contributed by atoms with Gasteiger partial charge in [0, 0.05) is 71.9 Å². The topological polar surface area (TPSA) is 30.3 Å². The summed E-state index contributed by atoms with van der Waals surface area (Å²) in [6.45, 7) is 5.55. The first-order chi connectivity index (χ1) is 14.8. The van der Waals surface area contributed by atoms with E-state index in [0.29, 0.717) is 0 Å². The number of morpholine rings is 1. The van der Waals surface area contributed by atoms with Crippen LogP contribution in [0.25, 0.3) is 33.2 Å². The Labute approximate surface area is 181 Å². The number of halogens is 1. The number of pyridine rings is 1. The van der Waals surface area contributed by atoms with E-state index in [1.807, 2.05) is 24.5 Å². The summed E-state index contributed by atoms with van der Waals surface area (Å²) in [5, 5.41) is 1.96. The molecule has 0 N–H and O–H groups in total. The van der Waals surface area contributed by atoms with Crippen LogP contribution in [-0.2, 0) is 11.3 Å². The lowest BCUT2D eigenvalue weighted by Gasteiger charge is -2.26. The zero-order chi connectivity index (χ0) is 20.3. The van der Waals surface area contributed by atoms with Crippen molar-refractivity contribution in [2.24, 2.45) is 0 Å². The molecule has 0 radical (unpaired) electrons. The number of fused-ring (bicyclic) bond motifs is 1. The molecular weight excluding hydrogens is 394 g/mol. The van der Waals surface area contributed by atoms with E-state index in [9.17, 15) is 0 Å². The van der Waals surface area contributed by atoms with Crippen LogP contribution in [0.4, 0.5) is 0 Å². The lowest BCUT2D eigenvalue weighted by molar-refractivity contribution is 0.0365. The summed E-state index contributed by atoms with van der Waals surface area (Å²) < 4.78 is 7.80. The molecule has 1 fully saturated rings. The first-order valence-corrected chi connectivity index (χ1v) is 10.7. The number of rotatable bonds is 5. The zero-order valence-electron chi connectivity index (χ0n) is 16.8. The Bertz CT molecular complexity index is 1150. The fraction of sp³-hybridized carbons (Fsp3) is 0.240. The van der Waals surface area contributed by atoms with E-state index < -0.39 is 0 Å². The molecule has 4 aromatic rings. The van der Waals surface area contributed by atoms with Crippen molar-refractivity contribution in [3.05, 3.63) is 78.2 Å². The smallest absolute Gasteiger partial charge is 0.0594 e. The van der Waals surface area contributed by atoms with Gasteiger partial charge in [-0.1, -0.05) is 48.0 Å². The van der Waals surface area contributed by atoms with Crippen molar-refractivity contribution in [2.45, 2.75) is 6.54 Å². The molecule has 0 spiro atoms. The number of aromatic nitrogens is 2. The highest BCUT2D eigenvalue weighted by molar-refractivity contribution is 6.31. The molecule has 2 aromatic heterocycles. The predicted molar refractivity (Wildman–Crippen MR) is 123 cm³/mol. The van der Waals surface area contributed by atoms with Crippen molar-refractivity contribution in [3.8, 4) is 22.3 Å². The fourth-order valence-electron chi connectivity index (χ4n) is 4.13. The molecule has 30 heavy (non-hydrogen) atoms. The summed E-state index contributed by atoms with van der Waals surface area (Å²) in [5.74, 6) is 0. The molecule has 1 aliphatic heterocycles. The fourth-order valence-corrected chi connectivity index (χ4v) is 4.30. The van der Waals surface area contributed by atoms with E-state index in [1.165, 1.54) is 16.5 Å². The van der Waals surface area contributed by atoms with Gasteiger partial charge in [-0.25, -0.2) is 0 Å². The summed E-state index contributed by atoms with van der Waals surface area (Å²) in [6, 6.07) is 18.8. The third-order valence-electron chi connectivity index (χ3n) is 5.76. The Hall–Kier alpha value is -2.66. The van der Waals surface area contributed by atoms with Crippen LogP contribution < -0.4 is 0 Å². The van der Waals surface area contributed by atoms with Gasteiger partial charge in [-0.3, -0.25) is 9.88 Å². The van der Waals surface area contributed by atoms with E-state index in [1.54, 1.807) is 0 Å². The normalized spacial score (nSPS) is 15.0. The molecule has 5 heteroatoms. The summed E-state index contributed by atoms with van der Waals surface area (Å²) in [7, 11) is 0. The van der Waals surface area contributed by atoms with Gasteiger partial charge in [-0.05, 0) is 23.8 Å². The summed E-state index contributed by atoms with van der Waals surface area (Å²) in [4.78, 5) is 6.99. The number of ether oxygens (including phenoxy) is 1. The second-order valence-corrected chi connectivity index (χ2v) is 8.12. The minimum absolute atomic E-state index is 0.760. The van der Waals surface area contributed by atoms with E-state index in [0.717, 1.165) is 61.1 Å². The summed E-state index contributed by atoms with van der Waals surface area (Å²) in [6.07, 6.45) is 6.11. The minimum atomic E-state index is 0.760. The highest BCUT2D eigenvalue weighted by atomic mass is 35.5. The van der Waals surface area contributed by atoms with Crippen LogP contribution in [0.3, 0.4) is 0 Å². The van der Waals surface area contributed by atoms with Gasteiger partial charge >= 0.3 is 0 Å². The number of nitrogens with zero attached hydrogens (tertiary/aromatic N) is 3.